The molecular formula is C16H30O2. The number of rotatable bonds is 10. The molecule has 0 amide bonds. The highest BCUT2D eigenvalue weighted by atomic mass is 16.5. The molecule has 18 heavy (non-hydrogen) atoms. The molecule has 0 rings (SSSR count). The van der Waals surface area contributed by atoms with E-state index in [9.17, 15) is 4.79 Å². The highest BCUT2D eigenvalue weighted by molar-refractivity contribution is 5.81. The van der Waals surface area contributed by atoms with Crippen LogP contribution in [0.3, 0.4) is 0 Å². The van der Waals surface area contributed by atoms with Crippen LogP contribution in [0.15, 0.2) is 25.3 Å². The second kappa shape index (κ2) is 18.3. The first-order chi connectivity index (χ1) is 8.72. The molecule has 0 atom stereocenters. The van der Waals surface area contributed by atoms with Gasteiger partial charge in [0.2, 0.25) is 0 Å². The third-order valence-corrected chi connectivity index (χ3v) is 2.41. The summed E-state index contributed by atoms with van der Waals surface area (Å²) in [6.07, 6.45) is 13.1. The van der Waals surface area contributed by atoms with E-state index < -0.39 is 0 Å². The topological polar surface area (TPSA) is 26.3 Å². The number of carbonyl (C=O) groups is 1. The molecular weight excluding hydrogens is 224 g/mol. The molecule has 0 unspecified atom stereocenters. The van der Waals surface area contributed by atoms with E-state index in [0.717, 1.165) is 12.8 Å². The second-order valence-electron chi connectivity index (χ2n) is 4.25. The molecule has 0 radical (unpaired) electrons. The normalized spacial score (nSPS) is 9.00. The summed E-state index contributed by atoms with van der Waals surface area (Å²) in [5.74, 6) is -0.307. The van der Waals surface area contributed by atoms with Crippen LogP contribution in [-0.4, -0.2) is 12.6 Å². The minimum absolute atomic E-state index is 0.307. The molecule has 106 valence electrons. The van der Waals surface area contributed by atoms with Gasteiger partial charge in [-0.25, -0.2) is 4.79 Å². The van der Waals surface area contributed by atoms with Gasteiger partial charge in [-0.05, 0) is 13.3 Å². The first-order valence-corrected chi connectivity index (χ1v) is 7.09. The Labute approximate surface area is 113 Å². The summed E-state index contributed by atoms with van der Waals surface area (Å²) in [6.45, 7) is 11.4. The van der Waals surface area contributed by atoms with Gasteiger partial charge < -0.3 is 4.74 Å². The highest BCUT2D eigenvalue weighted by Crippen LogP contribution is 2.08. The van der Waals surface area contributed by atoms with E-state index in [1.165, 1.54) is 44.6 Å². The molecule has 0 aliphatic carbocycles. The standard InChI is InChI=1S/C13H24O2.C3H6/c1-3-5-6-7-8-9-10-11-12-15-13(14)4-2;1-3-2/h4H,2-3,5-12H2,1H3;3H,1H2,2H3. The van der Waals surface area contributed by atoms with Gasteiger partial charge in [0.25, 0.3) is 0 Å². The third-order valence-electron chi connectivity index (χ3n) is 2.41. The van der Waals surface area contributed by atoms with Crippen molar-refractivity contribution in [1.82, 2.24) is 0 Å². The van der Waals surface area contributed by atoms with Gasteiger partial charge in [-0.1, -0.05) is 64.5 Å². The predicted molar refractivity (Wildman–Crippen MR) is 79.6 cm³/mol. The lowest BCUT2D eigenvalue weighted by Gasteiger charge is -2.02. The zero-order valence-electron chi connectivity index (χ0n) is 12.2. The summed E-state index contributed by atoms with van der Waals surface area (Å²) < 4.78 is 4.88. The summed E-state index contributed by atoms with van der Waals surface area (Å²) in [6, 6.07) is 0. The van der Waals surface area contributed by atoms with E-state index in [2.05, 4.69) is 20.1 Å². The van der Waals surface area contributed by atoms with E-state index >= 15 is 0 Å². The Kier molecular flexibility index (Phi) is 19.6. The van der Waals surface area contributed by atoms with Crippen LogP contribution in [0.1, 0.15) is 65.2 Å². The smallest absolute Gasteiger partial charge is 0.330 e. The van der Waals surface area contributed by atoms with Gasteiger partial charge in [0.05, 0.1) is 6.61 Å². The van der Waals surface area contributed by atoms with Gasteiger partial charge in [-0.2, -0.15) is 0 Å². The maximum atomic E-state index is 10.7. The zero-order chi connectivity index (χ0) is 14.1. The van der Waals surface area contributed by atoms with Crippen LogP contribution in [0, 0.1) is 0 Å². The molecule has 0 saturated carbocycles. The number of hydrogen-bond acceptors (Lipinski definition) is 2. The maximum absolute atomic E-state index is 10.7. The zero-order valence-corrected chi connectivity index (χ0v) is 12.2. The average Bonchev–Trinajstić information content (AvgIpc) is 2.37. The number of hydrogen-bond donors (Lipinski definition) is 0. The van der Waals surface area contributed by atoms with Crippen LogP contribution in [0.5, 0.6) is 0 Å². The summed E-state index contributed by atoms with van der Waals surface area (Å²) in [5.41, 5.74) is 0. The van der Waals surface area contributed by atoms with Crippen molar-refractivity contribution in [2.24, 2.45) is 0 Å². The Morgan fingerprint density at radius 1 is 1.00 bits per heavy atom. The minimum Gasteiger partial charge on any atom is -0.463 e. The molecule has 2 nitrogen and oxygen atoms in total. The van der Waals surface area contributed by atoms with Crippen LogP contribution in [0.2, 0.25) is 0 Å². The van der Waals surface area contributed by atoms with Crippen LogP contribution in [0.25, 0.3) is 0 Å². The number of esters is 1. The Hall–Kier alpha value is -1.05. The molecule has 0 spiro atoms. The van der Waals surface area contributed by atoms with Crippen molar-refractivity contribution in [3.05, 3.63) is 25.3 Å². The number of carbonyl (C=O) groups excluding carboxylic acids is 1. The lowest BCUT2D eigenvalue weighted by atomic mass is 10.1. The van der Waals surface area contributed by atoms with Crippen LogP contribution in [0.4, 0.5) is 0 Å². The van der Waals surface area contributed by atoms with Crippen molar-refractivity contribution in [3.8, 4) is 0 Å². The highest BCUT2D eigenvalue weighted by Gasteiger charge is 1.95. The SMILES string of the molecule is C=CC.C=CC(=O)OCCCCCCCCCC. The molecule has 0 aromatic rings. The van der Waals surface area contributed by atoms with Gasteiger partial charge >= 0.3 is 5.97 Å². The average molecular weight is 254 g/mol. The molecule has 0 fully saturated rings. The third kappa shape index (κ3) is 20.4. The van der Waals surface area contributed by atoms with Crippen LogP contribution >= 0.6 is 0 Å². The number of allylic oxidation sites excluding steroid dienone is 1. The molecule has 0 aliphatic rings. The predicted octanol–water partition coefficient (Wildman–Crippen LogP) is 5.05. The van der Waals surface area contributed by atoms with E-state index in [0.29, 0.717) is 6.61 Å². The molecule has 0 N–H and O–H groups in total. The minimum atomic E-state index is -0.307. The quantitative estimate of drug-likeness (QED) is 0.236. The fraction of sp³-hybridized carbons (Fsp3) is 0.688. The van der Waals surface area contributed by atoms with Crippen molar-refractivity contribution in [3.63, 3.8) is 0 Å². The first kappa shape index (κ1) is 19.3. The fourth-order valence-corrected chi connectivity index (χ4v) is 1.47. The largest absolute Gasteiger partial charge is 0.463 e. The van der Waals surface area contributed by atoms with Crippen molar-refractivity contribution in [2.45, 2.75) is 65.2 Å². The molecule has 0 aromatic carbocycles. The Morgan fingerprint density at radius 3 is 1.89 bits per heavy atom. The second-order valence-corrected chi connectivity index (χ2v) is 4.25. The molecule has 0 bridgehead atoms. The molecule has 2 heteroatoms. The van der Waals surface area contributed by atoms with Gasteiger partial charge in [0.1, 0.15) is 0 Å². The summed E-state index contributed by atoms with van der Waals surface area (Å²) >= 11 is 0. The van der Waals surface area contributed by atoms with Gasteiger partial charge in [0.15, 0.2) is 0 Å². The first-order valence-electron chi connectivity index (χ1n) is 7.09. The van der Waals surface area contributed by atoms with E-state index in [1.807, 2.05) is 6.92 Å². The lowest BCUT2D eigenvalue weighted by molar-refractivity contribution is -0.137. The van der Waals surface area contributed by atoms with Crippen molar-refractivity contribution in [2.75, 3.05) is 6.61 Å². The van der Waals surface area contributed by atoms with Gasteiger partial charge in [-0.3, -0.25) is 0 Å². The summed E-state index contributed by atoms with van der Waals surface area (Å²) in [4.78, 5) is 10.7. The van der Waals surface area contributed by atoms with Crippen LogP contribution < -0.4 is 0 Å². The molecule has 0 saturated heterocycles. The van der Waals surface area contributed by atoms with Gasteiger partial charge in [-0.15, -0.1) is 6.58 Å². The molecule has 0 aromatic heterocycles. The summed E-state index contributed by atoms with van der Waals surface area (Å²) in [7, 11) is 0. The Morgan fingerprint density at radius 2 is 1.44 bits per heavy atom. The van der Waals surface area contributed by atoms with Gasteiger partial charge in [0, 0.05) is 6.08 Å². The monoisotopic (exact) mass is 254 g/mol. The van der Waals surface area contributed by atoms with Crippen molar-refractivity contribution < 1.29 is 9.53 Å². The Balaban J connectivity index is 0. The van der Waals surface area contributed by atoms with E-state index in [4.69, 9.17) is 4.74 Å². The van der Waals surface area contributed by atoms with Crippen molar-refractivity contribution in [1.29, 1.82) is 0 Å². The molecule has 0 aliphatic heterocycles. The van der Waals surface area contributed by atoms with E-state index in [1.54, 1.807) is 6.08 Å². The summed E-state index contributed by atoms with van der Waals surface area (Å²) in [5, 5.41) is 0. The number of ether oxygens (including phenoxy) is 1. The van der Waals surface area contributed by atoms with E-state index in [-0.39, 0.29) is 5.97 Å². The molecule has 0 heterocycles. The van der Waals surface area contributed by atoms with Crippen molar-refractivity contribution >= 4 is 5.97 Å². The Bertz CT molecular complexity index is 197. The maximum Gasteiger partial charge on any atom is 0.330 e. The lowest BCUT2D eigenvalue weighted by Crippen LogP contribution is -2.01. The fourth-order valence-electron chi connectivity index (χ4n) is 1.47. The van der Waals surface area contributed by atoms with Crippen LogP contribution in [-0.2, 0) is 9.53 Å². The number of unbranched alkanes of at least 4 members (excludes halogenated alkanes) is 7.